The molecular formula is C18H21N5O4S. The Bertz CT molecular complexity index is 1030. The molecule has 0 radical (unpaired) electrons. The van der Waals surface area contributed by atoms with Crippen LogP contribution in [-0.2, 0) is 26.1 Å². The smallest absolute Gasteiger partial charge is 0.246 e. The van der Waals surface area contributed by atoms with Crippen LogP contribution < -0.4 is 5.32 Å². The van der Waals surface area contributed by atoms with Gasteiger partial charge in [0.1, 0.15) is 11.4 Å². The third-order valence-corrected chi connectivity index (χ3v) is 6.60. The van der Waals surface area contributed by atoms with Gasteiger partial charge in [-0.05, 0) is 32.0 Å². The topological polar surface area (TPSA) is 117 Å². The number of amides is 1. The van der Waals surface area contributed by atoms with Gasteiger partial charge in [-0.2, -0.15) is 14.7 Å². The molecule has 28 heavy (non-hydrogen) atoms. The molecule has 1 aliphatic rings. The normalized spacial score (nSPS) is 15.2. The van der Waals surface area contributed by atoms with E-state index in [-0.39, 0.29) is 17.3 Å². The van der Waals surface area contributed by atoms with Gasteiger partial charge < -0.3 is 10.1 Å². The Morgan fingerprint density at radius 3 is 2.71 bits per heavy atom. The highest BCUT2D eigenvalue weighted by atomic mass is 32.2. The summed E-state index contributed by atoms with van der Waals surface area (Å²) in [6, 6.07) is 8.56. The predicted molar refractivity (Wildman–Crippen MR) is 101 cm³/mol. The van der Waals surface area contributed by atoms with Crippen molar-refractivity contribution in [1.82, 2.24) is 14.1 Å². The van der Waals surface area contributed by atoms with E-state index in [0.29, 0.717) is 48.9 Å². The molecule has 0 bridgehead atoms. The number of ether oxygens (including phenoxy) is 1. The first-order valence-electron chi connectivity index (χ1n) is 8.75. The molecule has 2 aromatic rings. The van der Waals surface area contributed by atoms with Crippen LogP contribution in [0, 0.1) is 25.2 Å². The Balaban J connectivity index is 1.79. The molecule has 1 saturated heterocycles. The van der Waals surface area contributed by atoms with Crippen molar-refractivity contribution in [2.24, 2.45) is 0 Å². The lowest BCUT2D eigenvalue weighted by Gasteiger charge is -2.26. The van der Waals surface area contributed by atoms with Crippen molar-refractivity contribution in [1.29, 1.82) is 5.26 Å². The molecule has 9 nitrogen and oxygen atoms in total. The van der Waals surface area contributed by atoms with Crippen LogP contribution in [0.1, 0.15) is 17.0 Å². The van der Waals surface area contributed by atoms with E-state index in [4.69, 9.17) is 10.00 Å². The number of carbonyl (C=O) groups excluding carboxylic acids is 1. The summed E-state index contributed by atoms with van der Waals surface area (Å²) < 4.78 is 33.9. The standard InChI is InChI=1S/C18H21N5O4S/c1-13-18(28(25,26)22-6-8-27-9-7-22)14(2)23(21-13)12-17(24)20-16-5-3-4-15(10-16)11-19/h3-5,10H,6-9,12H2,1-2H3,(H,20,24). The summed E-state index contributed by atoms with van der Waals surface area (Å²) in [7, 11) is -3.70. The van der Waals surface area contributed by atoms with E-state index in [0.717, 1.165) is 0 Å². The van der Waals surface area contributed by atoms with E-state index in [1.165, 1.54) is 8.99 Å². The van der Waals surface area contributed by atoms with Crippen LogP contribution in [0.2, 0.25) is 0 Å². The summed E-state index contributed by atoms with van der Waals surface area (Å²) in [5.74, 6) is -0.365. The Kier molecular flexibility index (Phi) is 5.79. The molecule has 0 aliphatic carbocycles. The fraction of sp³-hybridized carbons (Fsp3) is 0.389. The first-order chi connectivity index (χ1) is 13.3. The number of nitrogens with one attached hydrogen (secondary N) is 1. The van der Waals surface area contributed by atoms with Gasteiger partial charge in [-0.3, -0.25) is 9.48 Å². The highest BCUT2D eigenvalue weighted by Crippen LogP contribution is 2.24. The van der Waals surface area contributed by atoms with Crippen molar-refractivity contribution in [2.45, 2.75) is 25.3 Å². The number of hydrogen-bond donors (Lipinski definition) is 1. The fourth-order valence-corrected chi connectivity index (χ4v) is 4.91. The molecule has 1 fully saturated rings. The second kappa shape index (κ2) is 8.10. The highest BCUT2D eigenvalue weighted by molar-refractivity contribution is 7.89. The van der Waals surface area contributed by atoms with Gasteiger partial charge in [-0.15, -0.1) is 0 Å². The number of nitriles is 1. The zero-order chi connectivity index (χ0) is 20.3. The number of anilines is 1. The van der Waals surface area contributed by atoms with Crippen LogP contribution in [0.15, 0.2) is 29.2 Å². The SMILES string of the molecule is Cc1nn(CC(=O)Nc2cccc(C#N)c2)c(C)c1S(=O)(=O)N1CCOCC1. The molecule has 0 spiro atoms. The van der Waals surface area contributed by atoms with Gasteiger partial charge in [-0.25, -0.2) is 8.42 Å². The van der Waals surface area contributed by atoms with E-state index in [9.17, 15) is 13.2 Å². The predicted octanol–water partition coefficient (Wildman–Crippen LogP) is 1.03. The Hall–Kier alpha value is -2.74. The highest BCUT2D eigenvalue weighted by Gasteiger charge is 2.32. The molecule has 2 heterocycles. The van der Waals surface area contributed by atoms with Crippen molar-refractivity contribution >= 4 is 21.6 Å². The largest absolute Gasteiger partial charge is 0.379 e. The summed E-state index contributed by atoms with van der Waals surface area (Å²) in [5.41, 5.74) is 1.68. The average Bonchev–Trinajstić information content (AvgIpc) is 2.96. The Morgan fingerprint density at radius 2 is 2.04 bits per heavy atom. The minimum Gasteiger partial charge on any atom is -0.379 e. The minimum absolute atomic E-state index is 0.133. The van der Waals surface area contributed by atoms with Crippen molar-refractivity contribution in [3.05, 3.63) is 41.2 Å². The number of nitrogens with zero attached hydrogens (tertiary/aromatic N) is 4. The summed E-state index contributed by atoms with van der Waals surface area (Å²) in [6.45, 7) is 4.42. The van der Waals surface area contributed by atoms with Crippen molar-refractivity contribution < 1.29 is 17.9 Å². The van der Waals surface area contributed by atoms with Crippen LogP contribution in [0.5, 0.6) is 0 Å². The molecule has 1 aliphatic heterocycles. The maximum Gasteiger partial charge on any atom is 0.246 e. The van der Waals surface area contributed by atoms with Gasteiger partial charge in [0.25, 0.3) is 0 Å². The maximum absolute atomic E-state index is 13.0. The fourth-order valence-electron chi connectivity index (χ4n) is 3.13. The molecule has 10 heteroatoms. The van der Waals surface area contributed by atoms with E-state index < -0.39 is 10.0 Å². The molecule has 0 unspecified atom stereocenters. The number of hydrogen-bond acceptors (Lipinski definition) is 6. The Morgan fingerprint density at radius 1 is 1.32 bits per heavy atom. The molecule has 148 valence electrons. The third-order valence-electron chi connectivity index (χ3n) is 4.45. The molecule has 1 aromatic carbocycles. The molecule has 1 amide bonds. The lowest BCUT2D eigenvalue weighted by Crippen LogP contribution is -2.41. The van der Waals surface area contributed by atoms with Gasteiger partial charge in [0, 0.05) is 18.8 Å². The summed E-state index contributed by atoms with van der Waals surface area (Å²) in [5, 5.41) is 15.9. The quantitative estimate of drug-likeness (QED) is 0.797. The van der Waals surface area contributed by atoms with Crippen molar-refractivity contribution in [3.63, 3.8) is 0 Å². The molecule has 1 aromatic heterocycles. The number of morpholine rings is 1. The van der Waals surface area contributed by atoms with Crippen LogP contribution in [-0.4, -0.2) is 54.7 Å². The summed E-state index contributed by atoms with van der Waals surface area (Å²) in [4.78, 5) is 12.5. The summed E-state index contributed by atoms with van der Waals surface area (Å²) in [6.07, 6.45) is 0. The van der Waals surface area contributed by atoms with Gasteiger partial charge >= 0.3 is 0 Å². The minimum atomic E-state index is -3.70. The van der Waals surface area contributed by atoms with Crippen LogP contribution in [0.3, 0.4) is 0 Å². The van der Waals surface area contributed by atoms with E-state index >= 15 is 0 Å². The van der Waals surface area contributed by atoms with Crippen LogP contribution in [0.4, 0.5) is 5.69 Å². The summed E-state index contributed by atoms with van der Waals surface area (Å²) >= 11 is 0. The van der Waals surface area contributed by atoms with Gasteiger partial charge in [0.15, 0.2) is 0 Å². The monoisotopic (exact) mass is 403 g/mol. The molecule has 0 saturated carbocycles. The molecular weight excluding hydrogens is 382 g/mol. The average molecular weight is 403 g/mol. The molecule has 1 N–H and O–H groups in total. The first-order valence-corrected chi connectivity index (χ1v) is 10.2. The number of benzene rings is 1. The Labute approximate surface area is 163 Å². The number of rotatable bonds is 5. The zero-order valence-corrected chi connectivity index (χ0v) is 16.5. The molecule has 0 atom stereocenters. The first kappa shape index (κ1) is 20.0. The molecule has 3 rings (SSSR count). The van der Waals surface area contributed by atoms with Crippen molar-refractivity contribution in [2.75, 3.05) is 31.6 Å². The maximum atomic E-state index is 13.0. The van der Waals surface area contributed by atoms with Crippen molar-refractivity contribution in [3.8, 4) is 6.07 Å². The van der Waals surface area contributed by atoms with Crippen LogP contribution >= 0.6 is 0 Å². The third kappa shape index (κ3) is 4.06. The second-order valence-corrected chi connectivity index (χ2v) is 8.29. The lowest BCUT2D eigenvalue weighted by atomic mass is 10.2. The lowest BCUT2D eigenvalue weighted by molar-refractivity contribution is -0.116. The number of aryl methyl sites for hydroxylation is 1. The van der Waals surface area contributed by atoms with E-state index in [1.807, 2.05) is 6.07 Å². The van der Waals surface area contributed by atoms with Gasteiger partial charge in [0.2, 0.25) is 15.9 Å². The van der Waals surface area contributed by atoms with E-state index in [1.54, 1.807) is 38.1 Å². The number of sulfonamides is 1. The van der Waals surface area contributed by atoms with E-state index in [2.05, 4.69) is 10.4 Å². The van der Waals surface area contributed by atoms with Crippen LogP contribution in [0.25, 0.3) is 0 Å². The van der Waals surface area contributed by atoms with Gasteiger partial charge in [0.05, 0.1) is 36.2 Å². The van der Waals surface area contributed by atoms with Gasteiger partial charge in [-0.1, -0.05) is 6.07 Å². The number of aromatic nitrogens is 2. The second-order valence-electron chi connectivity index (χ2n) is 6.41. The number of carbonyl (C=O) groups is 1. The zero-order valence-electron chi connectivity index (χ0n) is 15.7.